The number of aromatic nitrogens is 2. The van der Waals surface area contributed by atoms with Gasteiger partial charge < -0.3 is 15.3 Å². The van der Waals surface area contributed by atoms with Crippen molar-refractivity contribution in [2.24, 2.45) is 0 Å². The van der Waals surface area contributed by atoms with E-state index in [0.29, 0.717) is 25.1 Å². The Bertz CT molecular complexity index is 727. The molecule has 1 aliphatic rings. The molecule has 1 aromatic carbocycles. The predicted octanol–water partition coefficient (Wildman–Crippen LogP) is 1.81. The molecule has 0 unspecified atom stereocenters. The number of hydrogen-bond acceptors (Lipinski definition) is 3. The van der Waals surface area contributed by atoms with Gasteiger partial charge in [-0.3, -0.25) is 5.10 Å². The minimum absolute atomic E-state index is 0.00609. The van der Waals surface area contributed by atoms with Gasteiger partial charge in [-0.15, -0.1) is 0 Å². The number of aryl methyl sites for hydroxylation is 1. The number of amides is 2. The van der Waals surface area contributed by atoms with E-state index in [-0.39, 0.29) is 18.3 Å². The maximum Gasteiger partial charge on any atom is 0.356 e. The highest BCUT2D eigenvalue weighted by molar-refractivity contribution is 5.87. The molecule has 0 fully saturated rings. The molecule has 2 heterocycles. The molecular formula is C17H20N4O3. The van der Waals surface area contributed by atoms with E-state index in [1.165, 1.54) is 5.56 Å². The molecular weight excluding hydrogens is 308 g/mol. The molecule has 0 aliphatic carbocycles. The number of carboxylic acids is 1. The van der Waals surface area contributed by atoms with Gasteiger partial charge in [0.2, 0.25) is 0 Å². The van der Waals surface area contributed by atoms with Crippen molar-refractivity contribution in [3.8, 4) is 0 Å². The summed E-state index contributed by atoms with van der Waals surface area (Å²) >= 11 is 0. The zero-order valence-electron chi connectivity index (χ0n) is 13.3. The third-order valence-corrected chi connectivity index (χ3v) is 4.18. The van der Waals surface area contributed by atoms with Crippen LogP contribution in [-0.4, -0.2) is 45.3 Å². The van der Waals surface area contributed by atoms with E-state index in [1.54, 1.807) is 4.90 Å². The Balaban J connectivity index is 1.49. The summed E-state index contributed by atoms with van der Waals surface area (Å²) in [6, 6.07) is 9.97. The first-order valence-corrected chi connectivity index (χ1v) is 8.01. The zero-order valence-corrected chi connectivity index (χ0v) is 13.3. The molecule has 0 radical (unpaired) electrons. The molecule has 0 bridgehead atoms. The van der Waals surface area contributed by atoms with Crippen LogP contribution in [0.3, 0.4) is 0 Å². The number of aromatic amines is 1. The first-order valence-electron chi connectivity index (χ1n) is 8.01. The van der Waals surface area contributed by atoms with Crippen LogP contribution in [0.25, 0.3) is 0 Å². The van der Waals surface area contributed by atoms with Crippen LogP contribution in [-0.2, 0) is 19.4 Å². The average molecular weight is 328 g/mol. The fourth-order valence-corrected chi connectivity index (χ4v) is 2.89. The zero-order chi connectivity index (χ0) is 16.9. The first-order chi connectivity index (χ1) is 11.6. The predicted molar refractivity (Wildman–Crippen MR) is 87.8 cm³/mol. The lowest BCUT2D eigenvalue weighted by Crippen LogP contribution is -2.43. The highest BCUT2D eigenvalue weighted by Gasteiger charge is 2.27. The number of nitrogens with zero attached hydrogens (tertiary/aromatic N) is 2. The summed E-state index contributed by atoms with van der Waals surface area (Å²) in [5.41, 5.74) is 2.67. The van der Waals surface area contributed by atoms with Crippen molar-refractivity contribution < 1.29 is 14.7 Å². The van der Waals surface area contributed by atoms with Crippen molar-refractivity contribution in [3.05, 3.63) is 52.8 Å². The Kier molecular flexibility index (Phi) is 4.79. The summed E-state index contributed by atoms with van der Waals surface area (Å²) in [6.07, 6.45) is 2.37. The van der Waals surface area contributed by atoms with Gasteiger partial charge in [-0.25, -0.2) is 9.59 Å². The number of nitrogens with one attached hydrogen (secondary N) is 2. The second-order valence-corrected chi connectivity index (χ2v) is 5.83. The van der Waals surface area contributed by atoms with E-state index in [9.17, 15) is 9.59 Å². The number of H-pyrrole nitrogens is 1. The van der Waals surface area contributed by atoms with Crippen molar-refractivity contribution in [1.82, 2.24) is 20.4 Å². The van der Waals surface area contributed by atoms with E-state index >= 15 is 0 Å². The summed E-state index contributed by atoms with van der Waals surface area (Å²) in [7, 11) is 0. The lowest BCUT2D eigenvalue weighted by molar-refractivity contribution is 0.0687. The van der Waals surface area contributed by atoms with Crippen LogP contribution in [0.1, 0.15) is 33.7 Å². The molecule has 7 nitrogen and oxygen atoms in total. The van der Waals surface area contributed by atoms with Gasteiger partial charge in [-0.2, -0.15) is 5.10 Å². The van der Waals surface area contributed by atoms with E-state index in [4.69, 9.17) is 5.11 Å². The lowest BCUT2D eigenvalue weighted by atomic mass is 10.1. The molecule has 3 N–H and O–H groups in total. The van der Waals surface area contributed by atoms with Crippen molar-refractivity contribution in [2.75, 3.05) is 13.1 Å². The van der Waals surface area contributed by atoms with Crippen molar-refractivity contribution in [3.63, 3.8) is 0 Å². The second-order valence-electron chi connectivity index (χ2n) is 5.83. The highest BCUT2D eigenvalue weighted by atomic mass is 16.4. The third kappa shape index (κ3) is 3.56. The molecule has 0 spiro atoms. The van der Waals surface area contributed by atoms with E-state index in [1.807, 2.05) is 18.2 Å². The lowest BCUT2D eigenvalue weighted by Gasteiger charge is -2.27. The minimum atomic E-state index is -1.07. The summed E-state index contributed by atoms with van der Waals surface area (Å²) in [4.78, 5) is 25.0. The van der Waals surface area contributed by atoms with Gasteiger partial charge >= 0.3 is 12.0 Å². The van der Waals surface area contributed by atoms with E-state index < -0.39 is 5.97 Å². The normalized spacial score (nSPS) is 13.4. The summed E-state index contributed by atoms with van der Waals surface area (Å²) in [6.45, 7) is 1.42. The van der Waals surface area contributed by atoms with Crippen LogP contribution in [0.5, 0.6) is 0 Å². The molecule has 0 saturated heterocycles. The number of benzene rings is 1. The van der Waals surface area contributed by atoms with E-state index in [2.05, 4.69) is 27.6 Å². The molecule has 24 heavy (non-hydrogen) atoms. The number of rotatable bonds is 5. The molecule has 1 aliphatic heterocycles. The van der Waals surface area contributed by atoms with Crippen molar-refractivity contribution >= 4 is 12.0 Å². The summed E-state index contributed by atoms with van der Waals surface area (Å²) in [5, 5.41) is 18.6. The van der Waals surface area contributed by atoms with Gasteiger partial charge in [0.05, 0.1) is 6.54 Å². The largest absolute Gasteiger partial charge is 0.476 e. The van der Waals surface area contributed by atoms with Gasteiger partial charge in [0.1, 0.15) is 0 Å². The van der Waals surface area contributed by atoms with Crippen LogP contribution in [0, 0.1) is 0 Å². The van der Waals surface area contributed by atoms with Gasteiger partial charge in [0.25, 0.3) is 0 Å². The Labute approximate surface area is 139 Å². The van der Waals surface area contributed by atoms with Gasteiger partial charge in [0.15, 0.2) is 5.69 Å². The van der Waals surface area contributed by atoms with Gasteiger partial charge in [-0.1, -0.05) is 30.3 Å². The Morgan fingerprint density at radius 3 is 2.83 bits per heavy atom. The average Bonchev–Trinajstić information content (AvgIpc) is 3.03. The Morgan fingerprint density at radius 1 is 1.29 bits per heavy atom. The molecule has 2 amide bonds. The maximum atomic E-state index is 12.3. The Morgan fingerprint density at radius 2 is 2.08 bits per heavy atom. The van der Waals surface area contributed by atoms with Crippen LogP contribution in [0.2, 0.25) is 0 Å². The van der Waals surface area contributed by atoms with Gasteiger partial charge in [0, 0.05) is 30.8 Å². The third-order valence-electron chi connectivity index (χ3n) is 4.18. The summed E-state index contributed by atoms with van der Waals surface area (Å²) in [5.74, 6) is -1.07. The number of carbonyl (C=O) groups excluding carboxylic acids is 1. The number of fused-ring (bicyclic) bond motifs is 1. The maximum absolute atomic E-state index is 12.3. The monoisotopic (exact) mass is 328 g/mol. The van der Waals surface area contributed by atoms with E-state index in [0.717, 1.165) is 18.5 Å². The van der Waals surface area contributed by atoms with Crippen molar-refractivity contribution in [1.29, 1.82) is 0 Å². The number of carboxylic acid groups (broad SMARTS) is 1. The van der Waals surface area contributed by atoms with Gasteiger partial charge in [-0.05, 0) is 18.4 Å². The van der Waals surface area contributed by atoms with Crippen LogP contribution in [0.4, 0.5) is 4.79 Å². The SMILES string of the molecule is O=C(O)c1n[nH]c2c1CN(C(=O)NCCCc1ccccc1)CC2. The first kappa shape index (κ1) is 16.0. The number of aromatic carboxylic acids is 1. The summed E-state index contributed by atoms with van der Waals surface area (Å²) < 4.78 is 0. The fourth-order valence-electron chi connectivity index (χ4n) is 2.89. The molecule has 1 aromatic heterocycles. The second kappa shape index (κ2) is 7.16. The molecule has 3 rings (SSSR count). The quantitative estimate of drug-likeness (QED) is 0.729. The molecule has 7 heteroatoms. The smallest absolute Gasteiger partial charge is 0.356 e. The van der Waals surface area contributed by atoms with Crippen molar-refractivity contribution in [2.45, 2.75) is 25.8 Å². The number of carbonyl (C=O) groups is 2. The Hall–Kier alpha value is -2.83. The molecule has 0 atom stereocenters. The molecule has 2 aromatic rings. The standard InChI is InChI=1S/C17H20N4O3/c22-16(23)15-13-11-21(10-8-14(13)19-20-15)17(24)18-9-4-7-12-5-2-1-3-6-12/h1-3,5-6H,4,7-11H2,(H,18,24)(H,19,20)(H,22,23). The number of hydrogen-bond donors (Lipinski definition) is 3. The fraction of sp³-hybridized carbons (Fsp3) is 0.353. The van der Waals surface area contributed by atoms with Crippen LogP contribution < -0.4 is 5.32 Å². The minimum Gasteiger partial charge on any atom is -0.476 e. The topological polar surface area (TPSA) is 98.3 Å². The highest BCUT2D eigenvalue weighted by Crippen LogP contribution is 2.20. The molecule has 126 valence electrons. The van der Waals surface area contributed by atoms with Crippen LogP contribution in [0.15, 0.2) is 30.3 Å². The number of urea groups is 1. The van der Waals surface area contributed by atoms with Crippen LogP contribution >= 0.6 is 0 Å². The molecule has 0 saturated carbocycles.